The molecule has 0 atom stereocenters. The number of likely N-dealkylation sites (tertiary alicyclic amines) is 1. The maximum atomic E-state index is 5.76. The highest BCUT2D eigenvalue weighted by molar-refractivity contribution is 5.39. The Morgan fingerprint density at radius 2 is 1.65 bits per heavy atom. The molecule has 2 heterocycles. The van der Waals surface area contributed by atoms with Gasteiger partial charge in [-0.15, -0.1) is 5.10 Å². The van der Waals surface area contributed by atoms with E-state index in [9.17, 15) is 0 Å². The normalized spacial score (nSPS) is 16.0. The molecule has 1 aliphatic rings. The quantitative estimate of drug-likeness (QED) is 0.720. The van der Waals surface area contributed by atoms with Gasteiger partial charge in [0.05, 0.1) is 11.7 Å². The number of nitrogens with zero attached hydrogens (tertiary/aromatic N) is 4. The zero-order valence-corrected chi connectivity index (χ0v) is 15.0. The molecule has 1 aromatic heterocycles. The first-order valence-electron chi connectivity index (χ1n) is 9.28. The maximum Gasteiger partial charge on any atom is 0.0870 e. The van der Waals surface area contributed by atoms with Crippen molar-refractivity contribution in [2.75, 3.05) is 18.8 Å². The van der Waals surface area contributed by atoms with Crippen LogP contribution in [0, 0.1) is 0 Å². The van der Waals surface area contributed by atoms with Crippen LogP contribution in [0.1, 0.15) is 35.7 Å². The number of benzene rings is 2. The molecule has 0 radical (unpaired) electrons. The number of piperidine rings is 1. The second kappa shape index (κ2) is 7.70. The Bertz CT molecular complexity index is 817. The fraction of sp³-hybridized carbons (Fsp3) is 0.333. The van der Waals surface area contributed by atoms with Gasteiger partial charge in [0, 0.05) is 37.9 Å². The highest BCUT2D eigenvalue weighted by atomic mass is 15.4. The highest BCUT2D eigenvalue weighted by Crippen LogP contribution is 2.23. The van der Waals surface area contributed by atoms with Crippen LogP contribution in [-0.2, 0) is 13.0 Å². The van der Waals surface area contributed by atoms with Crippen molar-refractivity contribution in [2.24, 2.45) is 0 Å². The van der Waals surface area contributed by atoms with Gasteiger partial charge in [-0.1, -0.05) is 47.7 Å². The third-order valence-corrected chi connectivity index (χ3v) is 5.10. The first-order chi connectivity index (χ1) is 12.8. The van der Waals surface area contributed by atoms with E-state index in [-0.39, 0.29) is 0 Å². The van der Waals surface area contributed by atoms with Crippen LogP contribution in [0.5, 0.6) is 0 Å². The standard InChI is InChI=1S/C21H25N5/c22-19-8-6-18(7-9-19)15-25-12-10-21(11-13-25)26-16-20(23-24-26)14-17-4-2-1-3-5-17/h1-9,16,21H,10-15,22H2. The van der Waals surface area contributed by atoms with Crippen LogP contribution in [0.15, 0.2) is 60.8 Å². The highest BCUT2D eigenvalue weighted by Gasteiger charge is 2.21. The van der Waals surface area contributed by atoms with Gasteiger partial charge in [-0.3, -0.25) is 4.90 Å². The van der Waals surface area contributed by atoms with E-state index < -0.39 is 0 Å². The number of nitrogens with two attached hydrogens (primary N) is 1. The average molecular weight is 347 g/mol. The summed E-state index contributed by atoms with van der Waals surface area (Å²) in [5, 5.41) is 8.76. The summed E-state index contributed by atoms with van der Waals surface area (Å²) in [7, 11) is 0. The Morgan fingerprint density at radius 1 is 0.923 bits per heavy atom. The maximum absolute atomic E-state index is 5.76. The van der Waals surface area contributed by atoms with E-state index in [2.05, 4.69) is 62.5 Å². The molecule has 0 amide bonds. The number of rotatable bonds is 5. The van der Waals surface area contributed by atoms with Crippen molar-refractivity contribution in [1.82, 2.24) is 19.9 Å². The molecule has 3 aromatic rings. The lowest BCUT2D eigenvalue weighted by molar-refractivity contribution is 0.172. The lowest BCUT2D eigenvalue weighted by Gasteiger charge is -2.31. The van der Waals surface area contributed by atoms with Crippen LogP contribution in [0.3, 0.4) is 0 Å². The van der Waals surface area contributed by atoms with E-state index in [0.29, 0.717) is 6.04 Å². The number of aromatic nitrogens is 3. The Hall–Kier alpha value is -2.66. The summed E-state index contributed by atoms with van der Waals surface area (Å²) in [6.07, 6.45) is 5.19. The molecule has 1 saturated heterocycles. The van der Waals surface area contributed by atoms with E-state index in [1.807, 2.05) is 18.2 Å². The van der Waals surface area contributed by atoms with Gasteiger partial charge in [0.15, 0.2) is 0 Å². The van der Waals surface area contributed by atoms with E-state index in [0.717, 1.165) is 50.3 Å². The summed E-state index contributed by atoms with van der Waals surface area (Å²) >= 11 is 0. The molecule has 1 aliphatic heterocycles. The van der Waals surface area contributed by atoms with E-state index in [4.69, 9.17) is 5.73 Å². The lowest BCUT2D eigenvalue weighted by Crippen LogP contribution is -2.34. The molecule has 0 unspecified atom stereocenters. The van der Waals surface area contributed by atoms with Gasteiger partial charge in [0.2, 0.25) is 0 Å². The van der Waals surface area contributed by atoms with Gasteiger partial charge >= 0.3 is 0 Å². The first kappa shape index (κ1) is 16.8. The fourth-order valence-electron chi connectivity index (χ4n) is 3.60. The number of hydrogen-bond acceptors (Lipinski definition) is 4. The van der Waals surface area contributed by atoms with E-state index in [1.165, 1.54) is 11.1 Å². The van der Waals surface area contributed by atoms with Crippen LogP contribution in [0.2, 0.25) is 0 Å². The molecule has 0 saturated carbocycles. The van der Waals surface area contributed by atoms with Crippen LogP contribution in [0.25, 0.3) is 0 Å². The van der Waals surface area contributed by atoms with Crippen LogP contribution in [-0.4, -0.2) is 33.0 Å². The molecule has 0 bridgehead atoms. The fourth-order valence-corrected chi connectivity index (χ4v) is 3.60. The number of hydrogen-bond donors (Lipinski definition) is 1. The van der Waals surface area contributed by atoms with Gasteiger partial charge in [0.1, 0.15) is 0 Å². The third-order valence-electron chi connectivity index (χ3n) is 5.10. The topological polar surface area (TPSA) is 60.0 Å². The minimum absolute atomic E-state index is 0.453. The summed E-state index contributed by atoms with van der Waals surface area (Å²) < 4.78 is 2.07. The predicted molar refractivity (Wildman–Crippen MR) is 104 cm³/mol. The summed E-state index contributed by atoms with van der Waals surface area (Å²) in [4.78, 5) is 2.50. The van der Waals surface area contributed by atoms with Gasteiger partial charge in [-0.2, -0.15) is 0 Å². The van der Waals surface area contributed by atoms with Crippen LogP contribution in [0.4, 0.5) is 5.69 Å². The molecule has 26 heavy (non-hydrogen) atoms. The van der Waals surface area contributed by atoms with Crippen molar-refractivity contribution in [3.63, 3.8) is 0 Å². The Morgan fingerprint density at radius 3 is 2.38 bits per heavy atom. The van der Waals surface area contributed by atoms with Gasteiger partial charge in [0.25, 0.3) is 0 Å². The lowest BCUT2D eigenvalue weighted by atomic mass is 10.0. The van der Waals surface area contributed by atoms with Crippen molar-refractivity contribution in [3.05, 3.63) is 77.6 Å². The van der Waals surface area contributed by atoms with E-state index >= 15 is 0 Å². The van der Waals surface area contributed by atoms with Gasteiger partial charge in [-0.25, -0.2) is 4.68 Å². The summed E-state index contributed by atoms with van der Waals surface area (Å²) in [6.45, 7) is 3.16. The molecule has 134 valence electrons. The van der Waals surface area contributed by atoms with Crippen molar-refractivity contribution >= 4 is 5.69 Å². The molecule has 1 fully saturated rings. The van der Waals surface area contributed by atoms with Gasteiger partial charge in [-0.05, 0) is 36.1 Å². The minimum atomic E-state index is 0.453. The SMILES string of the molecule is Nc1ccc(CN2CCC(n3cc(Cc4ccccc4)nn3)CC2)cc1. The molecule has 2 aromatic carbocycles. The second-order valence-electron chi connectivity index (χ2n) is 7.10. The zero-order valence-electron chi connectivity index (χ0n) is 15.0. The van der Waals surface area contributed by atoms with Crippen LogP contribution >= 0.6 is 0 Å². The Balaban J connectivity index is 1.31. The van der Waals surface area contributed by atoms with Crippen LogP contribution < -0.4 is 5.73 Å². The molecule has 0 aliphatic carbocycles. The van der Waals surface area contributed by atoms with Gasteiger partial charge < -0.3 is 5.73 Å². The Labute approximate surface area is 154 Å². The smallest absolute Gasteiger partial charge is 0.0870 e. The molecule has 4 rings (SSSR count). The summed E-state index contributed by atoms with van der Waals surface area (Å²) in [5.41, 5.74) is 10.2. The van der Waals surface area contributed by atoms with Crippen molar-refractivity contribution in [1.29, 1.82) is 0 Å². The van der Waals surface area contributed by atoms with Crippen molar-refractivity contribution in [3.8, 4) is 0 Å². The minimum Gasteiger partial charge on any atom is -0.399 e. The largest absolute Gasteiger partial charge is 0.399 e. The zero-order chi connectivity index (χ0) is 17.8. The molecule has 5 heteroatoms. The molecule has 5 nitrogen and oxygen atoms in total. The summed E-state index contributed by atoms with van der Waals surface area (Å²) in [5.74, 6) is 0. The second-order valence-corrected chi connectivity index (χ2v) is 7.10. The predicted octanol–water partition coefficient (Wildman–Crippen LogP) is 3.29. The molecule has 2 N–H and O–H groups in total. The average Bonchev–Trinajstić information content (AvgIpc) is 3.13. The third kappa shape index (κ3) is 4.11. The molecular formula is C21H25N5. The van der Waals surface area contributed by atoms with Crippen molar-refractivity contribution in [2.45, 2.75) is 31.8 Å². The number of nitrogen functional groups attached to an aromatic ring is 1. The van der Waals surface area contributed by atoms with E-state index in [1.54, 1.807) is 0 Å². The number of anilines is 1. The molecular weight excluding hydrogens is 322 g/mol. The van der Waals surface area contributed by atoms with Crippen molar-refractivity contribution < 1.29 is 0 Å². The Kier molecular flexibility index (Phi) is 4.97. The molecule has 0 spiro atoms. The summed E-state index contributed by atoms with van der Waals surface area (Å²) in [6, 6.07) is 19.1. The monoisotopic (exact) mass is 347 g/mol. The first-order valence-corrected chi connectivity index (χ1v) is 9.28.